The van der Waals surface area contributed by atoms with E-state index in [0.29, 0.717) is 13.1 Å². The van der Waals surface area contributed by atoms with Crippen molar-refractivity contribution < 1.29 is 8.42 Å². The first-order valence-corrected chi connectivity index (χ1v) is 7.49. The molecule has 5 heteroatoms. The van der Waals surface area contributed by atoms with Crippen LogP contribution in [0.4, 0.5) is 5.69 Å². The lowest BCUT2D eigenvalue weighted by molar-refractivity contribution is 0.346. The largest absolute Gasteiger partial charge is 0.398 e. The lowest BCUT2D eigenvalue weighted by Gasteiger charge is -2.17. The highest BCUT2D eigenvalue weighted by molar-refractivity contribution is 7.91. The van der Waals surface area contributed by atoms with Crippen LogP contribution in [0.1, 0.15) is 12.5 Å². The van der Waals surface area contributed by atoms with Crippen LogP contribution in [-0.4, -0.2) is 38.4 Å². The molecule has 0 aliphatic rings. The highest BCUT2D eigenvalue weighted by atomic mass is 32.2. The van der Waals surface area contributed by atoms with Crippen molar-refractivity contribution in [2.45, 2.75) is 13.5 Å². The zero-order chi connectivity index (χ0) is 12.9. The Morgan fingerprint density at radius 3 is 2.53 bits per heavy atom. The Kier molecular flexibility index (Phi) is 4.96. The maximum atomic E-state index is 11.4. The van der Waals surface area contributed by atoms with Gasteiger partial charge in [-0.1, -0.05) is 25.1 Å². The molecular formula is C12H20N2O2S. The lowest BCUT2D eigenvalue weighted by atomic mass is 10.2. The van der Waals surface area contributed by atoms with Gasteiger partial charge in [0.05, 0.1) is 5.75 Å². The number of nitrogens with zero attached hydrogens (tertiary/aromatic N) is 1. The van der Waals surface area contributed by atoms with Crippen LogP contribution in [0.25, 0.3) is 0 Å². The van der Waals surface area contributed by atoms with Crippen molar-refractivity contribution in [2.75, 3.05) is 30.8 Å². The second kappa shape index (κ2) is 6.02. The van der Waals surface area contributed by atoms with Gasteiger partial charge in [-0.3, -0.25) is 0 Å². The highest BCUT2D eigenvalue weighted by Gasteiger charge is 2.10. The molecule has 0 unspecified atom stereocenters. The minimum Gasteiger partial charge on any atom is -0.398 e. The van der Waals surface area contributed by atoms with Crippen LogP contribution in [0, 0.1) is 0 Å². The summed E-state index contributed by atoms with van der Waals surface area (Å²) in [6.07, 6.45) is 0. The molecule has 0 radical (unpaired) electrons. The third-order valence-corrected chi connectivity index (χ3v) is 4.40. The third kappa shape index (κ3) is 4.75. The van der Waals surface area contributed by atoms with Gasteiger partial charge in [0.25, 0.3) is 0 Å². The molecule has 0 heterocycles. The molecule has 1 aromatic carbocycles. The summed E-state index contributed by atoms with van der Waals surface area (Å²) >= 11 is 0. The summed E-state index contributed by atoms with van der Waals surface area (Å²) in [6.45, 7) is 2.88. The number of hydrogen-bond donors (Lipinski definition) is 1. The van der Waals surface area contributed by atoms with Gasteiger partial charge in [0.15, 0.2) is 9.84 Å². The normalized spacial score (nSPS) is 11.9. The molecule has 1 aromatic rings. The molecule has 17 heavy (non-hydrogen) atoms. The molecule has 1 rings (SSSR count). The van der Waals surface area contributed by atoms with Crippen LogP contribution in [0.15, 0.2) is 24.3 Å². The van der Waals surface area contributed by atoms with Crippen molar-refractivity contribution in [3.05, 3.63) is 29.8 Å². The van der Waals surface area contributed by atoms with E-state index in [-0.39, 0.29) is 11.5 Å². The van der Waals surface area contributed by atoms with Crippen molar-refractivity contribution in [2.24, 2.45) is 0 Å². The van der Waals surface area contributed by atoms with Gasteiger partial charge in [-0.05, 0) is 18.7 Å². The first-order chi connectivity index (χ1) is 7.94. The topological polar surface area (TPSA) is 63.4 Å². The number of sulfone groups is 1. The van der Waals surface area contributed by atoms with Crippen LogP contribution < -0.4 is 5.73 Å². The summed E-state index contributed by atoms with van der Waals surface area (Å²) in [5.41, 5.74) is 7.61. The molecule has 0 aromatic heterocycles. The molecule has 0 saturated heterocycles. The first-order valence-electron chi connectivity index (χ1n) is 5.67. The monoisotopic (exact) mass is 256 g/mol. The molecule has 0 spiro atoms. The van der Waals surface area contributed by atoms with E-state index in [2.05, 4.69) is 0 Å². The van der Waals surface area contributed by atoms with Gasteiger partial charge in [-0.2, -0.15) is 0 Å². The number of benzene rings is 1. The predicted molar refractivity (Wildman–Crippen MR) is 71.5 cm³/mol. The lowest BCUT2D eigenvalue weighted by Crippen LogP contribution is -2.26. The Morgan fingerprint density at radius 1 is 1.29 bits per heavy atom. The fourth-order valence-electron chi connectivity index (χ4n) is 1.49. The number of para-hydroxylation sites is 1. The van der Waals surface area contributed by atoms with E-state index in [4.69, 9.17) is 5.73 Å². The van der Waals surface area contributed by atoms with E-state index in [1.165, 1.54) is 0 Å². The molecule has 0 amide bonds. The van der Waals surface area contributed by atoms with Crippen molar-refractivity contribution in [3.8, 4) is 0 Å². The maximum absolute atomic E-state index is 11.4. The van der Waals surface area contributed by atoms with Gasteiger partial charge in [0.2, 0.25) is 0 Å². The molecule has 0 saturated carbocycles. The smallest absolute Gasteiger partial charge is 0.151 e. The maximum Gasteiger partial charge on any atom is 0.151 e. The second-order valence-electron chi connectivity index (χ2n) is 4.17. The Morgan fingerprint density at radius 2 is 1.94 bits per heavy atom. The number of nitrogens with two attached hydrogens (primary N) is 1. The van der Waals surface area contributed by atoms with Crippen LogP contribution in [-0.2, 0) is 16.4 Å². The Bertz CT molecular complexity index is 457. The van der Waals surface area contributed by atoms with Crippen molar-refractivity contribution >= 4 is 15.5 Å². The summed E-state index contributed by atoms with van der Waals surface area (Å²) < 4.78 is 22.7. The fraction of sp³-hybridized carbons (Fsp3) is 0.500. The van der Waals surface area contributed by atoms with Crippen molar-refractivity contribution in [1.29, 1.82) is 0 Å². The standard InChI is InChI=1S/C12H20N2O2S/c1-3-17(15,16)9-8-14(2)10-11-6-4-5-7-12(11)13/h4-7H,3,8-10,13H2,1-2H3. The van der Waals surface area contributed by atoms with E-state index in [0.717, 1.165) is 11.3 Å². The minimum atomic E-state index is -2.89. The summed E-state index contributed by atoms with van der Waals surface area (Å²) in [5, 5.41) is 0. The Hall–Kier alpha value is -1.07. The summed E-state index contributed by atoms with van der Waals surface area (Å²) in [6, 6.07) is 7.63. The zero-order valence-electron chi connectivity index (χ0n) is 10.4. The zero-order valence-corrected chi connectivity index (χ0v) is 11.2. The Balaban J connectivity index is 2.51. The molecule has 0 aliphatic heterocycles. The number of hydrogen-bond acceptors (Lipinski definition) is 4. The van der Waals surface area contributed by atoms with Crippen LogP contribution >= 0.6 is 0 Å². The van der Waals surface area contributed by atoms with Crippen molar-refractivity contribution in [3.63, 3.8) is 0 Å². The summed E-state index contributed by atoms with van der Waals surface area (Å²) in [5.74, 6) is 0.404. The SMILES string of the molecule is CCS(=O)(=O)CCN(C)Cc1ccccc1N. The van der Waals surface area contributed by atoms with Gasteiger partial charge >= 0.3 is 0 Å². The molecule has 0 aliphatic carbocycles. The summed E-state index contributed by atoms with van der Waals surface area (Å²) in [7, 11) is -0.989. The molecule has 96 valence electrons. The van der Waals surface area contributed by atoms with Gasteiger partial charge < -0.3 is 10.6 Å². The Labute approximate surface area is 103 Å². The molecule has 0 atom stereocenters. The first kappa shape index (κ1) is 14.0. The second-order valence-corrected chi connectivity index (χ2v) is 6.65. The number of rotatable bonds is 6. The average molecular weight is 256 g/mol. The van der Waals surface area contributed by atoms with E-state index in [1.807, 2.05) is 36.2 Å². The highest BCUT2D eigenvalue weighted by Crippen LogP contribution is 2.12. The molecule has 2 N–H and O–H groups in total. The van der Waals surface area contributed by atoms with Crippen LogP contribution in [0.2, 0.25) is 0 Å². The van der Waals surface area contributed by atoms with Crippen LogP contribution in [0.3, 0.4) is 0 Å². The van der Waals surface area contributed by atoms with E-state index in [9.17, 15) is 8.42 Å². The minimum absolute atomic E-state index is 0.201. The van der Waals surface area contributed by atoms with Gasteiger partial charge in [0, 0.05) is 24.5 Å². The number of anilines is 1. The average Bonchev–Trinajstić information content (AvgIpc) is 2.30. The van der Waals surface area contributed by atoms with Crippen molar-refractivity contribution in [1.82, 2.24) is 4.90 Å². The molecule has 0 bridgehead atoms. The fourth-order valence-corrected chi connectivity index (χ4v) is 2.37. The van der Waals surface area contributed by atoms with Gasteiger partial charge in [0.1, 0.15) is 0 Å². The molecule has 4 nitrogen and oxygen atoms in total. The molecule has 0 fully saturated rings. The number of nitrogen functional groups attached to an aromatic ring is 1. The van der Waals surface area contributed by atoms with E-state index in [1.54, 1.807) is 6.92 Å². The summed E-state index contributed by atoms with van der Waals surface area (Å²) in [4.78, 5) is 1.97. The van der Waals surface area contributed by atoms with Gasteiger partial charge in [-0.25, -0.2) is 8.42 Å². The van der Waals surface area contributed by atoms with E-state index < -0.39 is 9.84 Å². The predicted octanol–water partition coefficient (Wildman–Crippen LogP) is 1.14. The van der Waals surface area contributed by atoms with E-state index >= 15 is 0 Å². The van der Waals surface area contributed by atoms with Gasteiger partial charge in [-0.15, -0.1) is 0 Å². The molecular weight excluding hydrogens is 236 g/mol. The van der Waals surface area contributed by atoms with Crippen LogP contribution in [0.5, 0.6) is 0 Å². The quantitative estimate of drug-likeness (QED) is 0.775. The third-order valence-electron chi connectivity index (χ3n) is 2.72.